The molecule has 15 N–H and O–H groups in total. The van der Waals surface area contributed by atoms with Crippen LogP contribution in [0, 0.1) is 6.92 Å². The molecule has 0 spiro atoms. The van der Waals surface area contributed by atoms with E-state index in [1.54, 1.807) is 31.2 Å². The van der Waals surface area contributed by atoms with Crippen LogP contribution in [0.2, 0.25) is 0 Å². The van der Waals surface area contributed by atoms with E-state index in [2.05, 4.69) is 100 Å². The number of benzene rings is 1. The highest BCUT2D eigenvalue weighted by atomic mass is 16.2. The first-order valence-electron chi connectivity index (χ1n) is 35.3. The van der Waals surface area contributed by atoms with Crippen molar-refractivity contribution < 1.29 is 71.9 Å². The lowest BCUT2D eigenvalue weighted by molar-refractivity contribution is -0.134. The minimum absolute atomic E-state index is 0.00144. The molecule has 2 aromatic rings. The Morgan fingerprint density at radius 1 is 0.265 bits per heavy atom. The number of carbonyl (C=O) groups is 15. The number of nitrogens with one attached hydrogen (secondary N) is 15. The molecule has 15 amide bonds. The van der Waals surface area contributed by atoms with E-state index in [1.807, 2.05) is 0 Å². The Bertz CT molecular complexity index is 3030. The molecule has 0 saturated heterocycles. The van der Waals surface area contributed by atoms with Crippen LogP contribution >= 0.6 is 0 Å². The Hall–Kier alpha value is -9.79. The second-order valence-electron chi connectivity index (χ2n) is 25.2. The Morgan fingerprint density at radius 2 is 0.490 bits per heavy atom. The van der Waals surface area contributed by atoms with Crippen LogP contribution in [0.5, 0.6) is 0 Å². The van der Waals surface area contributed by atoms with Crippen molar-refractivity contribution in [1.82, 2.24) is 100 Å². The second-order valence-corrected chi connectivity index (χ2v) is 25.2. The van der Waals surface area contributed by atoms with Crippen LogP contribution in [-0.4, -0.2) is 197 Å². The van der Waals surface area contributed by atoms with Gasteiger partial charge in [-0.1, -0.05) is 24.3 Å². The fourth-order valence-electron chi connectivity index (χ4n) is 10.5. The fourth-order valence-corrected chi connectivity index (χ4v) is 10.5. The Kier molecular flexibility index (Phi) is 44.5. The first-order valence-corrected chi connectivity index (χ1v) is 35.3. The smallest absolute Gasteiger partial charge is 0.243 e. The number of carbonyl (C=O) groups excluding carboxylic acids is 15. The first kappa shape index (κ1) is 88.3. The fraction of sp³-hybridized carbons (Fsp3) is 0.662. The molecule has 0 bridgehead atoms. The van der Waals surface area contributed by atoms with Crippen molar-refractivity contribution in [3.63, 3.8) is 0 Å². The second kappa shape index (κ2) is 51.4. The number of unbranched alkanes of at least 4 members (excludes halogenated alkanes) is 7. The van der Waals surface area contributed by atoms with Gasteiger partial charge in [0.1, 0.15) is 42.3 Å². The number of nitrogens with zero attached hydrogens (tertiary/aromatic N) is 4. The van der Waals surface area contributed by atoms with Gasteiger partial charge >= 0.3 is 0 Å². The van der Waals surface area contributed by atoms with Crippen LogP contribution in [0.25, 0.3) is 11.4 Å². The third kappa shape index (κ3) is 41.7. The zero-order valence-electron chi connectivity index (χ0n) is 60.8. The van der Waals surface area contributed by atoms with Crippen LogP contribution in [0.15, 0.2) is 24.3 Å². The summed E-state index contributed by atoms with van der Waals surface area (Å²) in [7, 11) is 0. The first-order chi connectivity index (χ1) is 48.5. The van der Waals surface area contributed by atoms with Gasteiger partial charge in [0.15, 0.2) is 5.82 Å². The maximum atomic E-state index is 14.7. The summed E-state index contributed by atoms with van der Waals surface area (Å²) in [5.41, 5.74) is 1.27. The van der Waals surface area contributed by atoms with Gasteiger partial charge in [0.2, 0.25) is 94.4 Å². The average molecular weight is 1430 g/mol. The van der Waals surface area contributed by atoms with Gasteiger partial charge in [-0.2, -0.15) is 0 Å². The van der Waals surface area contributed by atoms with Gasteiger partial charge in [0.05, 0.1) is 0 Å². The Balaban J connectivity index is 2.46. The average Bonchev–Trinajstić information content (AvgIpc) is 0.863. The molecule has 0 radical (unpaired) electrons. The number of rotatable bonds is 52. The maximum absolute atomic E-state index is 14.7. The Labute approximate surface area is 597 Å². The summed E-state index contributed by atoms with van der Waals surface area (Å²) in [4.78, 5) is 192. The molecule has 0 saturated carbocycles. The van der Waals surface area contributed by atoms with Crippen LogP contribution < -0.4 is 79.8 Å². The molecule has 1 aromatic heterocycles. The van der Waals surface area contributed by atoms with Crippen molar-refractivity contribution in [1.29, 1.82) is 0 Å². The molecule has 1 aromatic carbocycles. The van der Waals surface area contributed by atoms with Crippen molar-refractivity contribution in [2.75, 3.05) is 45.8 Å². The van der Waals surface area contributed by atoms with Crippen LogP contribution in [0.1, 0.15) is 202 Å². The minimum Gasteiger partial charge on any atom is -0.356 e. The van der Waals surface area contributed by atoms with Crippen LogP contribution in [-0.2, 0) is 78.5 Å². The summed E-state index contributed by atoms with van der Waals surface area (Å²) >= 11 is 0. The van der Waals surface area contributed by atoms with Gasteiger partial charge in [-0.3, -0.25) is 71.9 Å². The highest BCUT2D eigenvalue weighted by Crippen LogP contribution is 2.16. The van der Waals surface area contributed by atoms with E-state index in [0.717, 1.165) is 0 Å². The normalized spacial score (nSPS) is 12.8. The molecule has 7 unspecified atom stereocenters. The van der Waals surface area contributed by atoms with Crippen LogP contribution in [0.3, 0.4) is 0 Å². The summed E-state index contributed by atoms with van der Waals surface area (Å²) < 4.78 is 0. The summed E-state index contributed by atoms with van der Waals surface area (Å²) in [5, 5.41) is 57.3. The zero-order valence-corrected chi connectivity index (χ0v) is 60.8. The maximum Gasteiger partial charge on any atom is 0.243 e. The predicted molar refractivity (Wildman–Crippen MR) is 377 cm³/mol. The van der Waals surface area contributed by atoms with Gasteiger partial charge in [0.25, 0.3) is 0 Å². The van der Waals surface area contributed by atoms with Gasteiger partial charge in [0, 0.05) is 113 Å². The molecule has 2 rings (SSSR count). The monoisotopic (exact) mass is 1430 g/mol. The lowest BCUT2D eigenvalue weighted by Crippen LogP contribution is -2.56. The molecule has 0 aliphatic heterocycles. The van der Waals surface area contributed by atoms with Crippen LogP contribution in [0.4, 0.5) is 0 Å². The van der Waals surface area contributed by atoms with E-state index >= 15 is 0 Å². The molecular formula is C68H111N19O15. The number of amides is 15. The molecule has 34 heteroatoms. The molecular weight excluding hydrogens is 1320 g/mol. The molecule has 7 atom stereocenters. The summed E-state index contributed by atoms with van der Waals surface area (Å²) in [6.45, 7) is 14.0. The summed E-state index contributed by atoms with van der Waals surface area (Å²) in [6, 6.07) is -0.581. The van der Waals surface area contributed by atoms with E-state index in [1.165, 1.54) is 55.4 Å². The topological polar surface area (TPSA) is 488 Å². The zero-order chi connectivity index (χ0) is 75.8. The van der Waals surface area contributed by atoms with Gasteiger partial charge in [-0.15, -0.1) is 20.4 Å². The van der Waals surface area contributed by atoms with E-state index in [-0.39, 0.29) is 107 Å². The number of aromatic nitrogens is 4. The highest BCUT2D eigenvalue weighted by Gasteiger charge is 2.31. The third-order valence-corrected chi connectivity index (χ3v) is 15.8. The van der Waals surface area contributed by atoms with Gasteiger partial charge < -0.3 is 79.8 Å². The molecule has 102 heavy (non-hydrogen) atoms. The molecule has 568 valence electrons. The summed E-state index contributed by atoms with van der Waals surface area (Å²) in [6.07, 6.45) is 6.69. The molecule has 34 nitrogen and oxygen atoms in total. The van der Waals surface area contributed by atoms with Gasteiger partial charge in [-0.05, 0) is 147 Å². The molecule has 0 fully saturated rings. The van der Waals surface area contributed by atoms with E-state index in [0.29, 0.717) is 127 Å². The Morgan fingerprint density at radius 3 is 0.745 bits per heavy atom. The number of hydrogen-bond donors (Lipinski definition) is 15. The standard InChI is InChI=1S/C68H111N19O15/c1-43-84-86-61(87-85-43)53-33-31-52(32-34-53)42-76-65(99)57(82-68(102)60(83-67(101)59(80-51(9)95)29-13-20-38-72-47(5)91)30-16-23-40-74-63(97)55(78-49(7)93)25-11-18-36-70-45(3)89)27-15-22-41-75-64(98)56(81-66(100)58(79-50(8)94)28-12-19-37-71-46(4)90)26-14-21-39-73-62(96)54(77-48(6)92)24-10-17-35-69-44(2)88/h31-34,54-60H,10-30,35-42H2,1-9H3,(H,69,88)(H,70,89)(H,71,90)(H,72,91)(H,73,96)(H,74,97)(H,75,98)(H,76,99)(H,77,92)(H,78,93)(H,79,94)(H,80,95)(H,81,100)(H,82,102)(H,83,101). The summed E-state index contributed by atoms with van der Waals surface area (Å²) in [5.74, 6) is -6.13. The molecule has 1 heterocycles. The minimum atomic E-state index is -1.30. The lowest BCUT2D eigenvalue weighted by atomic mass is 10.0. The largest absolute Gasteiger partial charge is 0.356 e. The highest BCUT2D eigenvalue weighted by molar-refractivity contribution is 5.95. The van der Waals surface area contributed by atoms with E-state index in [9.17, 15) is 71.9 Å². The van der Waals surface area contributed by atoms with E-state index < -0.39 is 107 Å². The van der Waals surface area contributed by atoms with Crippen molar-refractivity contribution >= 4 is 88.6 Å². The number of hydrogen-bond acceptors (Lipinski definition) is 19. The van der Waals surface area contributed by atoms with Crippen molar-refractivity contribution in [3.8, 4) is 11.4 Å². The van der Waals surface area contributed by atoms with Gasteiger partial charge in [-0.25, -0.2) is 0 Å². The lowest BCUT2D eigenvalue weighted by Gasteiger charge is -2.26. The molecule has 0 aliphatic rings. The number of aryl methyl sites for hydroxylation is 1. The quantitative estimate of drug-likeness (QED) is 0.0368. The third-order valence-electron chi connectivity index (χ3n) is 15.8. The predicted octanol–water partition coefficient (Wildman–Crippen LogP) is -0.583. The van der Waals surface area contributed by atoms with Crippen molar-refractivity contribution in [2.45, 2.75) is 246 Å². The SMILES string of the molecule is CC(=O)NCCCCC(NC(C)=O)C(=O)NCCCCC(NC(=O)C(CCCCNC(C)=O)NC(C)=O)C(=O)NCCCCC(NC(=O)C(CCCCNC(=O)C(CCCCNC(C)=O)NC(C)=O)NC(=O)C(CCCCNC(C)=O)NC(C)=O)C(=O)NCc1ccc(-c2nnc(C)nn2)cc1. The van der Waals surface area contributed by atoms with E-state index in [4.69, 9.17) is 0 Å². The molecule has 0 aliphatic carbocycles. The van der Waals surface area contributed by atoms with Crippen molar-refractivity contribution in [3.05, 3.63) is 35.7 Å². The van der Waals surface area contributed by atoms with Crippen molar-refractivity contribution in [2.24, 2.45) is 0 Å².